The zero-order valence-corrected chi connectivity index (χ0v) is 20.9. The van der Waals surface area contributed by atoms with Crippen molar-refractivity contribution < 1.29 is 14.2 Å². The molecule has 1 aromatic heterocycles. The Morgan fingerprint density at radius 2 is 1.50 bits per heavy atom. The van der Waals surface area contributed by atoms with Gasteiger partial charge in [0, 0.05) is 31.7 Å². The predicted molar refractivity (Wildman–Crippen MR) is 131 cm³/mol. The molecule has 0 radical (unpaired) electrons. The third kappa shape index (κ3) is 4.52. The van der Waals surface area contributed by atoms with Gasteiger partial charge in [-0.1, -0.05) is 24.3 Å². The van der Waals surface area contributed by atoms with Gasteiger partial charge < -0.3 is 19.1 Å². The highest BCUT2D eigenvalue weighted by Crippen LogP contribution is 2.41. The maximum atomic E-state index is 5.83. The Balaban J connectivity index is 1.72. The van der Waals surface area contributed by atoms with Crippen molar-refractivity contribution in [3.05, 3.63) is 53.9 Å². The molecule has 1 atom stereocenters. The van der Waals surface area contributed by atoms with Crippen molar-refractivity contribution in [2.24, 2.45) is 0 Å². The molecule has 34 heavy (non-hydrogen) atoms. The monoisotopic (exact) mass is 466 g/mol. The van der Waals surface area contributed by atoms with Gasteiger partial charge in [-0.2, -0.15) is 0 Å². The number of nitrogens with zero attached hydrogens (tertiary/aromatic N) is 6. The molecule has 1 saturated heterocycles. The summed E-state index contributed by atoms with van der Waals surface area (Å²) in [6.45, 7) is 9.64. The van der Waals surface area contributed by atoms with Crippen LogP contribution in [0, 0.1) is 0 Å². The quantitative estimate of drug-likeness (QED) is 0.525. The van der Waals surface area contributed by atoms with Crippen LogP contribution in [0.4, 0.5) is 5.69 Å². The number of hydrogen-bond acceptors (Lipinski definition) is 8. The summed E-state index contributed by atoms with van der Waals surface area (Å²) in [5, 5.41) is 12.9. The molecule has 2 aromatic carbocycles. The molecule has 1 aliphatic rings. The van der Waals surface area contributed by atoms with Gasteiger partial charge in [0.25, 0.3) is 0 Å². The van der Waals surface area contributed by atoms with Gasteiger partial charge in [0.1, 0.15) is 11.8 Å². The fourth-order valence-electron chi connectivity index (χ4n) is 4.58. The minimum atomic E-state index is -0.275. The maximum absolute atomic E-state index is 5.83. The summed E-state index contributed by atoms with van der Waals surface area (Å²) in [6.07, 6.45) is 0. The Bertz CT molecular complexity index is 1100. The number of piperazine rings is 1. The lowest BCUT2D eigenvalue weighted by Gasteiger charge is -2.41. The van der Waals surface area contributed by atoms with Gasteiger partial charge in [-0.15, -0.1) is 5.10 Å². The second kappa shape index (κ2) is 9.89. The summed E-state index contributed by atoms with van der Waals surface area (Å²) >= 11 is 0. The lowest BCUT2D eigenvalue weighted by Crippen LogP contribution is -2.49. The van der Waals surface area contributed by atoms with Crippen LogP contribution in [0.15, 0.2) is 42.5 Å². The fraction of sp³-hybridized carbons (Fsp3) is 0.480. The van der Waals surface area contributed by atoms with Crippen molar-refractivity contribution >= 4 is 5.69 Å². The number of tetrazole rings is 1. The van der Waals surface area contributed by atoms with Crippen molar-refractivity contribution in [1.29, 1.82) is 0 Å². The predicted octanol–water partition coefficient (Wildman–Crippen LogP) is 3.37. The fourth-order valence-corrected chi connectivity index (χ4v) is 4.58. The first-order chi connectivity index (χ1) is 16.4. The van der Waals surface area contributed by atoms with E-state index in [1.807, 2.05) is 35.0 Å². The van der Waals surface area contributed by atoms with E-state index in [1.54, 1.807) is 21.3 Å². The van der Waals surface area contributed by atoms with E-state index < -0.39 is 0 Å². The van der Waals surface area contributed by atoms with Crippen LogP contribution in [0.25, 0.3) is 0 Å². The number of anilines is 1. The summed E-state index contributed by atoms with van der Waals surface area (Å²) < 4.78 is 18.9. The molecule has 9 heteroatoms. The van der Waals surface area contributed by atoms with Crippen LogP contribution >= 0.6 is 0 Å². The van der Waals surface area contributed by atoms with Crippen LogP contribution in [0.2, 0.25) is 0 Å². The van der Waals surface area contributed by atoms with Crippen LogP contribution < -0.4 is 19.1 Å². The first-order valence-electron chi connectivity index (χ1n) is 11.5. The molecule has 0 amide bonds. The minimum Gasteiger partial charge on any atom is -0.495 e. The number of methoxy groups -OCH3 is 3. The first kappa shape index (κ1) is 23.8. The van der Waals surface area contributed by atoms with E-state index in [-0.39, 0.29) is 11.6 Å². The second-order valence-corrected chi connectivity index (χ2v) is 9.30. The largest absolute Gasteiger partial charge is 0.495 e. The van der Waals surface area contributed by atoms with E-state index in [2.05, 4.69) is 58.2 Å². The molecule has 0 aliphatic carbocycles. The smallest absolute Gasteiger partial charge is 0.173 e. The highest BCUT2D eigenvalue weighted by atomic mass is 16.5. The molecular formula is C25H34N6O3. The van der Waals surface area contributed by atoms with Gasteiger partial charge in [-0.05, 0) is 49.4 Å². The lowest BCUT2D eigenvalue weighted by atomic mass is 10.00. The average molecular weight is 467 g/mol. The van der Waals surface area contributed by atoms with E-state index in [0.29, 0.717) is 11.5 Å². The average Bonchev–Trinajstić information content (AvgIpc) is 3.34. The van der Waals surface area contributed by atoms with Crippen LogP contribution in [0.3, 0.4) is 0 Å². The Morgan fingerprint density at radius 3 is 2.15 bits per heavy atom. The van der Waals surface area contributed by atoms with Gasteiger partial charge in [0.05, 0.1) is 32.6 Å². The Hall–Kier alpha value is -3.33. The Labute approximate surface area is 201 Å². The van der Waals surface area contributed by atoms with Gasteiger partial charge in [-0.3, -0.25) is 4.90 Å². The van der Waals surface area contributed by atoms with Gasteiger partial charge in [-0.25, -0.2) is 4.68 Å². The molecule has 1 fully saturated rings. The van der Waals surface area contributed by atoms with Crippen molar-refractivity contribution in [2.45, 2.75) is 32.4 Å². The van der Waals surface area contributed by atoms with Crippen molar-refractivity contribution in [1.82, 2.24) is 25.1 Å². The van der Waals surface area contributed by atoms with E-state index in [0.717, 1.165) is 49.0 Å². The molecule has 9 nitrogen and oxygen atoms in total. The van der Waals surface area contributed by atoms with Gasteiger partial charge in [0.15, 0.2) is 17.3 Å². The van der Waals surface area contributed by atoms with E-state index in [9.17, 15) is 0 Å². The van der Waals surface area contributed by atoms with Crippen LogP contribution in [-0.4, -0.2) is 72.6 Å². The Kier molecular flexibility index (Phi) is 6.92. The molecule has 0 bridgehead atoms. The summed E-state index contributed by atoms with van der Waals surface area (Å²) in [4.78, 5) is 4.78. The van der Waals surface area contributed by atoms with Crippen molar-refractivity contribution in [2.75, 3.05) is 52.4 Å². The minimum absolute atomic E-state index is 0.195. The van der Waals surface area contributed by atoms with Gasteiger partial charge >= 0.3 is 0 Å². The maximum Gasteiger partial charge on any atom is 0.173 e. The second-order valence-electron chi connectivity index (χ2n) is 9.30. The Morgan fingerprint density at radius 1 is 0.824 bits per heavy atom. The SMILES string of the molecule is COc1ccccc1N1CCN(C(c2cccc(OC)c2OC)c2nnnn2C(C)(C)C)CC1. The number of rotatable bonds is 7. The summed E-state index contributed by atoms with van der Waals surface area (Å²) in [5.74, 6) is 3.06. The van der Waals surface area contributed by atoms with E-state index >= 15 is 0 Å². The van der Waals surface area contributed by atoms with E-state index in [1.165, 1.54) is 0 Å². The molecule has 182 valence electrons. The molecule has 0 N–H and O–H groups in total. The number of aromatic nitrogens is 4. The highest BCUT2D eigenvalue weighted by molar-refractivity contribution is 5.58. The summed E-state index contributed by atoms with van der Waals surface area (Å²) in [5.41, 5.74) is 1.81. The molecule has 0 saturated carbocycles. The molecular weight excluding hydrogens is 432 g/mol. The molecule has 1 aliphatic heterocycles. The lowest BCUT2D eigenvalue weighted by molar-refractivity contribution is 0.187. The topological polar surface area (TPSA) is 77.8 Å². The van der Waals surface area contributed by atoms with Gasteiger partial charge in [0.2, 0.25) is 0 Å². The summed E-state index contributed by atoms with van der Waals surface area (Å²) in [6, 6.07) is 13.9. The number of hydrogen-bond donors (Lipinski definition) is 0. The summed E-state index contributed by atoms with van der Waals surface area (Å²) in [7, 11) is 5.04. The number of benzene rings is 2. The molecule has 1 unspecified atom stereocenters. The first-order valence-corrected chi connectivity index (χ1v) is 11.5. The zero-order chi connectivity index (χ0) is 24.3. The molecule has 3 aromatic rings. The number of ether oxygens (including phenoxy) is 3. The molecule has 0 spiro atoms. The van der Waals surface area contributed by atoms with Crippen molar-refractivity contribution in [3.63, 3.8) is 0 Å². The zero-order valence-electron chi connectivity index (χ0n) is 20.9. The van der Waals surface area contributed by atoms with Crippen LogP contribution in [0.1, 0.15) is 38.2 Å². The van der Waals surface area contributed by atoms with Crippen LogP contribution in [0.5, 0.6) is 17.2 Å². The van der Waals surface area contributed by atoms with Crippen molar-refractivity contribution in [3.8, 4) is 17.2 Å². The number of para-hydroxylation sites is 3. The highest BCUT2D eigenvalue weighted by Gasteiger charge is 2.35. The molecule has 2 heterocycles. The van der Waals surface area contributed by atoms with Crippen LogP contribution in [-0.2, 0) is 5.54 Å². The third-order valence-electron chi connectivity index (χ3n) is 6.21. The third-order valence-corrected chi connectivity index (χ3v) is 6.21. The normalized spacial score (nSPS) is 15.8. The molecule has 4 rings (SSSR count). The standard InChI is InChI=1S/C25H34N6O3/c1-25(2,3)31-24(26-27-28-31)22(18-10-9-13-21(33-5)23(18)34-6)30-16-14-29(15-17-30)19-11-7-8-12-20(19)32-4/h7-13,22H,14-17H2,1-6H3. The van der Waals surface area contributed by atoms with E-state index in [4.69, 9.17) is 14.2 Å².